The number of halogens is 1. The molecule has 3 heteroatoms. The quantitative estimate of drug-likeness (QED) is 0.377. The van der Waals surface area contributed by atoms with Crippen LogP contribution in [0.1, 0.15) is 36.4 Å². The maximum Gasteiger partial charge on any atom is 0.0460 e. The van der Waals surface area contributed by atoms with E-state index in [-0.39, 0.29) is 6.04 Å². The molecule has 0 radical (unpaired) electrons. The molecular weight excluding hydrogens is 264 g/mol. The van der Waals surface area contributed by atoms with Crippen molar-refractivity contribution in [3.05, 3.63) is 33.8 Å². The number of hydrogen-bond donors (Lipinski definition) is 2. The van der Waals surface area contributed by atoms with E-state index >= 15 is 0 Å². The molecule has 16 heavy (non-hydrogen) atoms. The van der Waals surface area contributed by atoms with Crippen molar-refractivity contribution in [2.24, 2.45) is 5.84 Å². The minimum atomic E-state index is 0.181. The first-order chi connectivity index (χ1) is 7.69. The van der Waals surface area contributed by atoms with Gasteiger partial charge in [0.05, 0.1) is 0 Å². The fourth-order valence-corrected chi connectivity index (χ4v) is 1.89. The van der Waals surface area contributed by atoms with Crippen molar-refractivity contribution in [3.8, 4) is 12.3 Å². The van der Waals surface area contributed by atoms with E-state index in [0.717, 1.165) is 23.7 Å². The van der Waals surface area contributed by atoms with Gasteiger partial charge in [0.25, 0.3) is 0 Å². The Morgan fingerprint density at radius 3 is 2.88 bits per heavy atom. The van der Waals surface area contributed by atoms with Gasteiger partial charge < -0.3 is 0 Å². The van der Waals surface area contributed by atoms with Gasteiger partial charge in [-0.1, -0.05) is 28.1 Å². The van der Waals surface area contributed by atoms with Gasteiger partial charge in [-0.25, -0.2) is 0 Å². The molecule has 0 heterocycles. The van der Waals surface area contributed by atoms with Crippen LogP contribution in [-0.2, 0) is 0 Å². The second-order valence-corrected chi connectivity index (χ2v) is 4.68. The zero-order valence-electron chi connectivity index (χ0n) is 9.46. The highest BCUT2D eigenvalue weighted by atomic mass is 79.9. The predicted octanol–water partition coefficient (Wildman–Crippen LogP) is 3.07. The summed E-state index contributed by atoms with van der Waals surface area (Å²) in [6.07, 6.45) is 7.98. The third-order valence-corrected chi connectivity index (χ3v) is 3.49. The lowest BCUT2D eigenvalue weighted by Crippen LogP contribution is -2.28. The smallest absolute Gasteiger partial charge is 0.0460 e. The molecule has 0 aromatic heterocycles. The third-order valence-electron chi connectivity index (χ3n) is 2.60. The molecule has 0 aliphatic heterocycles. The second-order valence-electron chi connectivity index (χ2n) is 3.82. The summed E-state index contributed by atoms with van der Waals surface area (Å²) in [5.74, 6) is 8.20. The number of benzene rings is 1. The normalized spacial score (nSPS) is 12.1. The van der Waals surface area contributed by atoms with Crippen molar-refractivity contribution >= 4 is 15.9 Å². The third kappa shape index (κ3) is 3.64. The molecule has 1 aromatic carbocycles. The molecule has 1 aromatic rings. The van der Waals surface area contributed by atoms with Crippen molar-refractivity contribution in [1.82, 2.24) is 5.43 Å². The molecule has 3 N–H and O–H groups in total. The van der Waals surface area contributed by atoms with Crippen molar-refractivity contribution < 1.29 is 0 Å². The van der Waals surface area contributed by atoms with Crippen LogP contribution >= 0.6 is 15.9 Å². The number of hydrogen-bond acceptors (Lipinski definition) is 2. The van der Waals surface area contributed by atoms with Crippen LogP contribution < -0.4 is 11.3 Å². The number of unbranched alkanes of at least 4 members (excludes halogenated alkanes) is 1. The van der Waals surface area contributed by atoms with Crippen LogP contribution in [0.25, 0.3) is 0 Å². The zero-order chi connectivity index (χ0) is 12.0. The van der Waals surface area contributed by atoms with Gasteiger partial charge in [0.15, 0.2) is 0 Å². The van der Waals surface area contributed by atoms with Gasteiger partial charge in [-0.3, -0.25) is 11.3 Å². The van der Waals surface area contributed by atoms with Crippen LogP contribution in [0.3, 0.4) is 0 Å². The zero-order valence-corrected chi connectivity index (χ0v) is 11.0. The Morgan fingerprint density at radius 1 is 1.56 bits per heavy atom. The summed E-state index contributed by atoms with van der Waals surface area (Å²) >= 11 is 3.49. The molecule has 86 valence electrons. The molecule has 0 fully saturated rings. The Kier molecular flexibility index (Phi) is 5.54. The Bertz CT molecular complexity index is 382. The summed E-state index contributed by atoms with van der Waals surface area (Å²) in [5.41, 5.74) is 5.27. The largest absolute Gasteiger partial charge is 0.271 e. The molecular formula is C13H17BrN2. The summed E-state index contributed by atoms with van der Waals surface area (Å²) in [6.45, 7) is 2.07. The molecule has 0 saturated heterocycles. The van der Waals surface area contributed by atoms with Crippen LogP contribution in [-0.4, -0.2) is 0 Å². The lowest BCUT2D eigenvalue weighted by molar-refractivity contribution is 0.502. The van der Waals surface area contributed by atoms with Crippen LogP contribution in [0.4, 0.5) is 0 Å². The first kappa shape index (κ1) is 13.2. The molecule has 0 saturated carbocycles. The van der Waals surface area contributed by atoms with Crippen molar-refractivity contribution in [1.29, 1.82) is 0 Å². The minimum Gasteiger partial charge on any atom is -0.271 e. The first-order valence-electron chi connectivity index (χ1n) is 5.34. The maximum absolute atomic E-state index is 5.56. The van der Waals surface area contributed by atoms with Crippen LogP contribution in [0.5, 0.6) is 0 Å². The van der Waals surface area contributed by atoms with E-state index in [9.17, 15) is 0 Å². The molecule has 1 rings (SSSR count). The standard InChI is InChI=1S/C13H17BrN2/c1-3-4-5-6-13(16-15)11-7-8-12(14)10(2)9-11/h1,7-9,13,16H,4-6,15H2,2H3. The first-order valence-corrected chi connectivity index (χ1v) is 6.14. The van der Waals surface area contributed by atoms with Gasteiger partial charge in [-0.2, -0.15) is 0 Å². The Labute approximate surface area is 106 Å². The summed E-state index contributed by atoms with van der Waals surface area (Å²) < 4.78 is 1.12. The molecule has 2 nitrogen and oxygen atoms in total. The van der Waals surface area contributed by atoms with Gasteiger partial charge >= 0.3 is 0 Å². The Hall–Kier alpha value is -0.820. The van der Waals surface area contributed by atoms with E-state index in [1.165, 1.54) is 11.1 Å². The van der Waals surface area contributed by atoms with Crippen LogP contribution in [0.2, 0.25) is 0 Å². The number of nitrogens with two attached hydrogens (primary N) is 1. The van der Waals surface area contributed by atoms with Gasteiger partial charge in [0.2, 0.25) is 0 Å². The van der Waals surface area contributed by atoms with E-state index in [2.05, 4.69) is 52.4 Å². The molecule has 0 amide bonds. The molecule has 0 spiro atoms. The highest BCUT2D eigenvalue weighted by Gasteiger charge is 2.09. The predicted molar refractivity (Wildman–Crippen MR) is 71.6 cm³/mol. The SMILES string of the molecule is C#CCCCC(NN)c1ccc(Br)c(C)c1. The lowest BCUT2D eigenvalue weighted by Gasteiger charge is -2.16. The fourth-order valence-electron chi connectivity index (χ4n) is 1.64. The van der Waals surface area contributed by atoms with Crippen molar-refractivity contribution in [2.45, 2.75) is 32.2 Å². The second kappa shape index (κ2) is 6.70. The molecule has 1 unspecified atom stereocenters. The maximum atomic E-state index is 5.56. The summed E-state index contributed by atoms with van der Waals surface area (Å²) in [5, 5.41) is 0. The number of nitrogens with one attached hydrogen (secondary N) is 1. The molecule has 1 atom stereocenters. The number of terminal acetylenes is 1. The van der Waals surface area contributed by atoms with Gasteiger partial charge in [0, 0.05) is 16.9 Å². The van der Waals surface area contributed by atoms with E-state index in [1.54, 1.807) is 0 Å². The van der Waals surface area contributed by atoms with Gasteiger partial charge in [-0.05, 0) is 37.0 Å². The highest BCUT2D eigenvalue weighted by molar-refractivity contribution is 9.10. The fraction of sp³-hybridized carbons (Fsp3) is 0.385. The lowest BCUT2D eigenvalue weighted by atomic mass is 10.00. The average Bonchev–Trinajstić information content (AvgIpc) is 2.29. The average molecular weight is 281 g/mol. The summed E-state index contributed by atoms with van der Waals surface area (Å²) in [7, 11) is 0. The minimum absolute atomic E-state index is 0.181. The van der Waals surface area contributed by atoms with Crippen LogP contribution in [0, 0.1) is 19.3 Å². The molecule has 0 bridgehead atoms. The van der Waals surface area contributed by atoms with E-state index in [0.29, 0.717) is 0 Å². The van der Waals surface area contributed by atoms with E-state index in [1.807, 2.05) is 0 Å². The monoisotopic (exact) mass is 280 g/mol. The summed E-state index contributed by atoms with van der Waals surface area (Å²) in [6, 6.07) is 6.46. The van der Waals surface area contributed by atoms with Gasteiger partial charge in [-0.15, -0.1) is 12.3 Å². The Balaban J connectivity index is 2.71. The highest BCUT2D eigenvalue weighted by Crippen LogP contribution is 2.23. The molecule has 0 aliphatic rings. The summed E-state index contributed by atoms with van der Waals surface area (Å²) in [4.78, 5) is 0. The van der Waals surface area contributed by atoms with Crippen LogP contribution in [0.15, 0.2) is 22.7 Å². The van der Waals surface area contributed by atoms with Crippen molar-refractivity contribution in [2.75, 3.05) is 0 Å². The Morgan fingerprint density at radius 2 is 2.31 bits per heavy atom. The van der Waals surface area contributed by atoms with Gasteiger partial charge in [0.1, 0.15) is 0 Å². The van der Waals surface area contributed by atoms with E-state index in [4.69, 9.17) is 12.3 Å². The number of rotatable bonds is 5. The molecule has 0 aliphatic carbocycles. The number of aryl methyl sites for hydroxylation is 1. The number of hydrazine groups is 1. The van der Waals surface area contributed by atoms with E-state index < -0.39 is 0 Å². The topological polar surface area (TPSA) is 38.0 Å². The van der Waals surface area contributed by atoms with Crippen molar-refractivity contribution in [3.63, 3.8) is 0 Å².